The zero-order valence-corrected chi connectivity index (χ0v) is 28.5. The van der Waals surface area contributed by atoms with Crippen molar-refractivity contribution in [3.63, 3.8) is 0 Å². The fourth-order valence-corrected chi connectivity index (χ4v) is 7.81. The normalized spacial score (nSPS) is 11.5. The Morgan fingerprint density at radius 3 is 1.40 bits per heavy atom. The Hall–Kier alpha value is -6.90. The summed E-state index contributed by atoms with van der Waals surface area (Å²) in [5, 5.41) is 7.45. The molecule has 2 heteroatoms. The number of hydrogen-bond acceptors (Lipinski definition) is 1. The van der Waals surface area contributed by atoms with Gasteiger partial charge in [-0.1, -0.05) is 140 Å². The lowest BCUT2D eigenvalue weighted by molar-refractivity contribution is 1.18. The van der Waals surface area contributed by atoms with Crippen LogP contribution in [0.5, 0.6) is 0 Å². The molecule has 1 aromatic heterocycles. The van der Waals surface area contributed by atoms with E-state index in [2.05, 4.69) is 216 Å². The first-order valence-electron chi connectivity index (χ1n) is 17.8. The van der Waals surface area contributed by atoms with Gasteiger partial charge < -0.3 is 9.47 Å². The Morgan fingerprint density at radius 1 is 0.327 bits per heavy atom. The summed E-state index contributed by atoms with van der Waals surface area (Å²) in [4.78, 5) is 2.42. The predicted octanol–water partition coefficient (Wildman–Crippen LogP) is 13.9. The molecule has 0 saturated carbocycles. The summed E-state index contributed by atoms with van der Waals surface area (Å²) >= 11 is 0. The summed E-state index contributed by atoms with van der Waals surface area (Å²) in [6.45, 7) is 0. The maximum atomic E-state index is 2.42. The molecule has 10 rings (SSSR count). The Morgan fingerprint density at radius 2 is 0.808 bits per heavy atom. The second-order valence-corrected chi connectivity index (χ2v) is 13.4. The topological polar surface area (TPSA) is 8.17 Å². The summed E-state index contributed by atoms with van der Waals surface area (Å²) in [6, 6.07) is 74.7. The molecule has 0 aliphatic rings. The molecule has 52 heavy (non-hydrogen) atoms. The van der Waals surface area contributed by atoms with Crippen molar-refractivity contribution in [3.8, 4) is 27.9 Å². The van der Waals surface area contributed by atoms with E-state index in [1.54, 1.807) is 0 Å². The minimum Gasteiger partial charge on any atom is -0.310 e. The van der Waals surface area contributed by atoms with Gasteiger partial charge in [0, 0.05) is 27.8 Å². The zero-order chi connectivity index (χ0) is 34.4. The monoisotopic (exact) mass is 662 g/mol. The average Bonchev–Trinajstić information content (AvgIpc) is 3.56. The van der Waals surface area contributed by atoms with Gasteiger partial charge in [-0.15, -0.1) is 0 Å². The average molecular weight is 663 g/mol. The summed E-state index contributed by atoms with van der Waals surface area (Å²) in [5.41, 5.74) is 11.7. The maximum absolute atomic E-state index is 2.42. The van der Waals surface area contributed by atoms with Crippen molar-refractivity contribution in [3.05, 3.63) is 206 Å². The van der Waals surface area contributed by atoms with Crippen molar-refractivity contribution in [2.24, 2.45) is 0 Å². The first kappa shape index (κ1) is 30.0. The lowest BCUT2D eigenvalue weighted by atomic mass is 10.00. The lowest BCUT2D eigenvalue weighted by Gasteiger charge is -2.27. The van der Waals surface area contributed by atoms with E-state index >= 15 is 0 Å². The molecule has 0 spiro atoms. The Kier molecular flexibility index (Phi) is 7.18. The van der Waals surface area contributed by atoms with Gasteiger partial charge in [-0.05, 0) is 111 Å². The first-order chi connectivity index (χ1) is 25.8. The van der Waals surface area contributed by atoms with Crippen molar-refractivity contribution >= 4 is 60.4 Å². The number of hydrogen-bond donors (Lipinski definition) is 0. The molecule has 9 aromatic carbocycles. The van der Waals surface area contributed by atoms with Gasteiger partial charge in [0.05, 0.1) is 16.7 Å². The van der Waals surface area contributed by atoms with Gasteiger partial charge in [-0.2, -0.15) is 0 Å². The molecule has 10 aromatic rings. The molecule has 0 aliphatic carbocycles. The molecule has 1 heterocycles. The summed E-state index contributed by atoms with van der Waals surface area (Å²) in [7, 11) is 0. The van der Waals surface area contributed by atoms with E-state index in [-0.39, 0.29) is 0 Å². The zero-order valence-electron chi connectivity index (χ0n) is 28.5. The van der Waals surface area contributed by atoms with Crippen LogP contribution in [0.3, 0.4) is 0 Å². The van der Waals surface area contributed by atoms with Crippen LogP contribution in [-0.2, 0) is 0 Å². The summed E-state index contributed by atoms with van der Waals surface area (Å²) in [6.07, 6.45) is 0. The molecule has 0 aliphatic heterocycles. The third kappa shape index (κ3) is 5.12. The van der Waals surface area contributed by atoms with Gasteiger partial charge in [-0.3, -0.25) is 0 Å². The van der Waals surface area contributed by atoms with Gasteiger partial charge in [0.1, 0.15) is 0 Å². The van der Waals surface area contributed by atoms with Crippen molar-refractivity contribution in [2.45, 2.75) is 0 Å². The van der Waals surface area contributed by atoms with Crippen LogP contribution in [0.25, 0.3) is 71.3 Å². The first-order valence-corrected chi connectivity index (χ1v) is 17.8. The van der Waals surface area contributed by atoms with Gasteiger partial charge in [0.15, 0.2) is 0 Å². The van der Waals surface area contributed by atoms with Crippen LogP contribution in [0.15, 0.2) is 206 Å². The molecule has 0 atom stereocenters. The molecule has 0 N–H and O–H groups in total. The van der Waals surface area contributed by atoms with E-state index in [0.717, 1.165) is 22.7 Å². The smallest absolute Gasteiger partial charge is 0.0562 e. The van der Waals surface area contributed by atoms with Gasteiger partial charge in [-0.25, -0.2) is 0 Å². The van der Waals surface area contributed by atoms with E-state index in [1.807, 2.05) is 0 Å². The highest BCUT2D eigenvalue weighted by atomic mass is 15.1. The predicted molar refractivity (Wildman–Crippen MR) is 221 cm³/mol. The van der Waals surface area contributed by atoms with Crippen LogP contribution < -0.4 is 4.90 Å². The largest absolute Gasteiger partial charge is 0.310 e. The Bertz CT molecular complexity index is 2760. The Balaban J connectivity index is 1.14. The fraction of sp³-hybridized carbons (Fsp3) is 0. The number of anilines is 3. The molecule has 0 amide bonds. The number of benzene rings is 9. The van der Waals surface area contributed by atoms with E-state index in [0.29, 0.717) is 0 Å². The number of nitrogens with zero attached hydrogens (tertiary/aromatic N) is 2. The maximum Gasteiger partial charge on any atom is 0.0562 e. The van der Waals surface area contributed by atoms with Crippen molar-refractivity contribution in [1.29, 1.82) is 0 Å². The van der Waals surface area contributed by atoms with E-state index in [1.165, 1.54) is 65.6 Å². The fourth-order valence-electron chi connectivity index (χ4n) is 7.81. The molecule has 2 nitrogen and oxygen atoms in total. The highest BCUT2D eigenvalue weighted by Gasteiger charge is 2.21. The molecular formula is C50H34N2. The molecule has 0 bridgehead atoms. The van der Waals surface area contributed by atoms with E-state index in [9.17, 15) is 0 Å². The van der Waals surface area contributed by atoms with Crippen LogP contribution in [-0.4, -0.2) is 4.57 Å². The third-order valence-corrected chi connectivity index (χ3v) is 10.3. The standard InChI is InChI=1S/C50H34N2/c1-2-15-43(16-3-1)52-47-18-9-8-17-46(47)50-48(19-10-20-49(50)52)51(44-29-25-37(26-30-44)41-23-21-35-11-4-6-13-39(35)33-41)45-31-27-38(28-32-45)42-24-22-36-12-5-7-14-40(36)34-42/h1-34H. The van der Waals surface area contributed by atoms with Gasteiger partial charge >= 0.3 is 0 Å². The minimum absolute atomic E-state index is 1.10. The summed E-state index contributed by atoms with van der Waals surface area (Å²) < 4.78 is 2.39. The highest BCUT2D eigenvalue weighted by Crippen LogP contribution is 2.44. The second kappa shape index (κ2) is 12.5. The number of rotatable bonds is 6. The molecule has 0 fully saturated rings. The quantitative estimate of drug-likeness (QED) is 0.172. The number of fused-ring (bicyclic) bond motifs is 5. The van der Waals surface area contributed by atoms with Crippen LogP contribution in [0.1, 0.15) is 0 Å². The van der Waals surface area contributed by atoms with Crippen molar-refractivity contribution < 1.29 is 0 Å². The SMILES string of the molecule is c1ccc(-n2c3ccccc3c3c(N(c4ccc(-c5ccc6ccccc6c5)cc4)c4ccc(-c5ccc6ccccc6c5)cc4)cccc32)cc1. The molecule has 0 unspecified atom stereocenters. The number of aromatic nitrogens is 1. The van der Waals surface area contributed by atoms with Crippen LogP contribution in [0.4, 0.5) is 17.1 Å². The summed E-state index contributed by atoms with van der Waals surface area (Å²) in [5.74, 6) is 0. The molecule has 244 valence electrons. The van der Waals surface area contributed by atoms with Crippen molar-refractivity contribution in [1.82, 2.24) is 4.57 Å². The van der Waals surface area contributed by atoms with Crippen LogP contribution in [0, 0.1) is 0 Å². The third-order valence-electron chi connectivity index (χ3n) is 10.3. The van der Waals surface area contributed by atoms with Gasteiger partial charge in [0.25, 0.3) is 0 Å². The van der Waals surface area contributed by atoms with E-state index in [4.69, 9.17) is 0 Å². The lowest BCUT2D eigenvalue weighted by Crippen LogP contribution is -2.10. The molecular weight excluding hydrogens is 629 g/mol. The van der Waals surface area contributed by atoms with Crippen LogP contribution in [0.2, 0.25) is 0 Å². The molecule has 0 radical (unpaired) electrons. The highest BCUT2D eigenvalue weighted by molar-refractivity contribution is 6.16. The molecule has 0 saturated heterocycles. The van der Waals surface area contributed by atoms with Crippen LogP contribution >= 0.6 is 0 Å². The second-order valence-electron chi connectivity index (χ2n) is 13.4. The Labute approximate surface area is 303 Å². The van der Waals surface area contributed by atoms with Crippen molar-refractivity contribution in [2.75, 3.05) is 4.90 Å². The number of para-hydroxylation sites is 2. The van der Waals surface area contributed by atoms with Gasteiger partial charge in [0.2, 0.25) is 0 Å². The van der Waals surface area contributed by atoms with E-state index < -0.39 is 0 Å². The minimum atomic E-state index is 1.10.